The Morgan fingerprint density at radius 3 is 2.57 bits per heavy atom. The molecule has 6 heteroatoms. The van der Waals surface area contributed by atoms with Crippen LogP contribution in [0.2, 0.25) is 5.02 Å². The Morgan fingerprint density at radius 1 is 1.17 bits per heavy atom. The normalized spacial score (nSPS) is 16.5. The van der Waals surface area contributed by atoms with Gasteiger partial charge in [-0.15, -0.1) is 0 Å². The number of aromatic nitrogens is 2. The smallest absolute Gasteiger partial charge is 0.182 e. The molecular formula is C17H17ClN4O. The summed E-state index contributed by atoms with van der Waals surface area (Å²) < 4.78 is 5.53. The Kier molecular flexibility index (Phi) is 4.75. The van der Waals surface area contributed by atoms with Crippen LogP contribution in [0.25, 0.3) is 0 Å². The first kappa shape index (κ1) is 15.7. The first-order valence-corrected chi connectivity index (χ1v) is 7.90. The van der Waals surface area contributed by atoms with Gasteiger partial charge in [-0.1, -0.05) is 23.7 Å². The van der Waals surface area contributed by atoms with Gasteiger partial charge in [0.1, 0.15) is 6.07 Å². The van der Waals surface area contributed by atoms with E-state index < -0.39 is 0 Å². The SMILES string of the molecule is N#Cc1nccnc1NCC1(c2ccc(Cl)cc2)CCOCC1. The molecule has 23 heavy (non-hydrogen) atoms. The van der Waals surface area contributed by atoms with Crippen LogP contribution in [-0.4, -0.2) is 29.7 Å². The van der Waals surface area contributed by atoms with Crippen LogP contribution in [0.3, 0.4) is 0 Å². The third-order valence-corrected chi connectivity index (χ3v) is 4.56. The van der Waals surface area contributed by atoms with Crippen molar-refractivity contribution in [3.05, 3.63) is 52.9 Å². The van der Waals surface area contributed by atoms with E-state index >= 15 is 0 Å². The maximum absolute atomic E-state index is 9.14. The number of nitrogens with zero attached hydrogens (tertiary/aromatic N) is 3. The zero-order valence-electron chi connectivity index (χ0n) is 12.6. The number of nitrogens with one attached hydrogen (secondary N) is 1. The molecule has 0 saturated carbocycles. The molecule has 2 aromatic rings. The number of benzene rings is 1. The molecule has 118 valence electrons. The molecule has 0 bridgehead atoms. The number of hydrogen-bond donors (Lipinski definition) is 1. The quantitative estimate of drug-likeness (QED) is 0.933. The monoisotopic (exact) mass is 328 g/mol. The van der Waals surface area contributed by atoms with Gasteiger partial charge in [-0.2, -0.15) is 5.26 Å². The third kappa shape index (κ3) is 3.44. The predicted octanol–water partition coefficient (Wildman–Crippen LogP) is 3.16. The molecule has 1 saturated heterocycles. The van der Waals surface area contributed by atoms with Crippen molar-refractivity contribution in [1.29, 1.82) is 5.26 Å². The van der Waals surface area contributed by atoms with E-state index in [4.69, 9.17) is 21.6 Å². The highest BCUT2D eigenvalue weighted by Crippen LogP contribution is 2.35. The minimum Gasteiger partial charge on any atom is -0.381 e. The molecule has 5 nitrogen and oxygen atoms in total. The molecule has 0 radical (unpaired) electrons. The molecule has 0 amide bonds. The van der Waals surface area contributed by atoms with Crippen molar-refractivity contribution in [3.63, 3.8) is 0 Å². The lowest BCUT2D eigenvalue weighted by Gasteiger charge is -2.38. The van der Waals surface area contributed by atoms with E-state index in [9.17, 15) is 0 Å². The molecule has 2 heterocycles. The second kappa shape index (κ2) is 6.95. The summed E-state index contributed by atoms with van der Waals surface area (Å²) in [5.41, 5.74) is 1.47. The number of ether oxygens (including phenoxy) is 1. The summed E-state index contributed by atoms with van der Waals surface area (Å²) in [4.78, 5) is 8.26. The predicted molar refractivity (Wildman–Crippen MR) is 88.4 cm³/mol. The molecular weight excluding hydrogens is 312 g/mol. The maximum Gasteiger partial charge on any atom is 0.182 e. The number of halogens is 1. The number of hydrogen-bond acceptors (Lipinski definition) is 5. The highest BCUT2D eigenvalue weighted by molar-refractivity contribution is 6.30. The highest BCUT2D eigenvalue weighted by atomic mass is 35.5. The van der Waals surface area contributed by atoms with Crippen molar-refractivity contribution >= 4 is 17.4 Å². The van der Waals surface area contributed by atoms with Crippen molar-refractivity contribution < 1.29 is 4.74 Å². The van der Waals surface area contributed by atoms with Gasteiger partial charge in [0.25, 0.3) is 0 Å². The molecule has 1 N–H and O–H groups in total. The van der Waals surface area contributed by atoms with Gasteiger partial charge in [0.2, 0.25) is 0 Å². The van der Waals surface area contributed by atoms with Gasteiger partial charge in [-0.25, -0.2) is 9.97 Å². The van der Waals surface area contributed by atoms with Crippen molar-refractivity contribution in [2.45, 2.75) is 18.3 Å². The van der Waals surface area contributed by atoms with E-state index in [1.165, 1.54) is 11.8 Å². The van der Waals surface area contributed by atoms with Crippen LogP contribution >= 0.6 is 11.6 Å². The first-order valence-electron chi connectivity index (χ1n) is 7.52. The Hall–Kier alpha value is -2.16. The van der Waals surface area contributed by atoms with Crippen molar-refractivity contribution in [1.82, 2.24) is 9.97 Å². The Balaban J connectivity index is 1.85. The summed E-state index contributed by atoms with van der Waals surface area (Å²) in [6.45, 7) is 2.11. The zero-order valence-corrected chi connectivity index (χ0v) is 13.4. The number of rotatable bonds is 4. The van der Waals surface area contributed by atoms with Crippen LogP contribution in [-0.2, 0) is 10.2 Å². The van der Waals surface area contributed by atoms with Crippen LogP contribution < -0.4 is 5.32 Å². The van der Waals surface area contributed by atoms with Gasteiger partial charge >= 0.3 is 0 Å². The van der Waals surface area contributed by atoms with Gasteiger partial charge in [-0.05, 0) is 30.5 Å². The highest BCUT2D eigenvalue weighted by Gasteiger charge is 2.34. The fourth-order valence-electron chi connectivity index (χ4n) is 2.94. The molecule has 0 spiro atoms. The summed E-state index contributed by atoms with van der Waals surface area (Å²) in [7, 11) is 0. The van der Waals surface area contributed by atoms with E-state index in [1.54, 1.807) is 6.20 Å². The Morgan fingerprint density at radius 2 is 1.87 bits per heavy atom. The summed E-state index contributed by atoms with van der Waals surface area (Å²) in [5, 5.41) is 13.2. The van der Waals surface area contributed by atoms with Crippen LogP contribution in [0, 0.1) is 11.3 Å². The lowest BCUT2D eigenvalue weighted by Crippen LogP contribution is -2.40. The first-order chi connectivity index (χ1) is 11.2. The standard InChI is InChI=1S/C17H17ClN4O/c18-14-3-1-13(2-4-14)17(5-9-23-10-6-17)12-22-16-15(11-19)20-7-8-21-16/h1-4,7-8H,5-6,9-10,12H2,(H,21,22). The summed E-state index contributed by atoms with van der Waals surface area (Å²) in [6, 6.07) is 10.0. The third-order valence-electron chi connectivity index (χ3n) is 4.30. The minimum atomic E-state index is -0.0624. The van der Waals surface area contributed by atoms with Gasteiger partial charge in [0, 0.05) is 42.6 Å². The average Bonchev–Trinajstić information content (AvgIpc) is 2.61. The van der Waals surface area contributed by atoms with Crippen molar-refractivity contribution in [3.8, 4) is 6.07 Å². The molecule has 1 aromatic carbocycles. The van der Waals surface area contributed by atoms with E-state index in [2.05, 4.69) is 33.5 Å². The Labute approximate surface area is 140 Å². The second-order valence-electron chi connectivity index (χ2n) is 5.62. The summed E-state index contributed by atoms with van der Waals surface area (Å²) >= 11 is 6.01. The second-order valence-corrected chi connectivity index (χ2v) is 6.05. The fourth-order valence-corrected chi connectivity index (χ4v) is 3.06. The van der Waals surface area contributed by atoms with Gasteiger partial charge in [-0.3, -0.25) is 0 Å². The lowest BCUT2D eigenvalue weighted by molar-refractivity contribution is 0.0543. The maximum atomic E-state index is 9.14. The van der Waals surface area contributed by atoms with Crippen molar-refractivity contribution in [2.75, 3.05) is 25.1 Å². The molecule has 0 aliphatic carbocycles. The summed E-state index contributed by atoms with van der Waals surface area (Å²) in [6.07, 6.45) is 4.92. The largest absolute Gasteiger partial charge is 0.381 e. The molecule has 1 aromatic heterocycles. The topological polar surface area (TPSA) is 70.8 Å². The minimum absolute atomic E-state index is 0.0624. The Bertz CT molecular complexity index is 705. The molecule has 0 atom stereocenters. The van der Waals surface area contributed by atoms with Crippen LogP contribution in [0.4, 0.5) is 5.82 Å². The van der Waals surface area contributed by atoms with Crippen LogP contribution in [0.5, 0.6) is 0 Å². The van der Waals surface area contributed by atoms with E-state index in [0.717, 1.165) is 31.1 Å². The van der Waals surface area contributed by atoms with E-state index in [1.807, 2.05) is 12.1 Å². The van der Waals surface area contributed by atoms with Crippen LogP contribution in [0.1, 0.15) is 24.1 Å². The van der Waals surface area contributed by atoms with Crippen molar-refractivity contribution in [2.24, 2.45) is 0 Å². The van der Waals surface area contributed by atoms with Crippen LogP contribution in [0.15, 0.2) is 36.7 Å². The van der Waals surface area contributed by atoms with Gasteiger partial charge in [0.15, 0.2) is 11.5 Å². The fraction of sp³-hybridized carbons (Fsp3) is 0.353. The number of anilines is 1. The lowest BCUT2D eigenvalue weighted by atomic mass is 9.74. The van der Waals surface area contributed by atoms with E-state index in [0.29, 0.717) is 18.1 Å². The molecule has 0 unspecified atom stereocenters. The molecule has 1 fully saturated rings. The molecule has 1 aliphatic rings. The van der Waals surface area contributed by atoms with Gasteiger partial charge in [0.05, 0.1) is 0 Å². The van der Waals surface area contributed by atoms with Gasteiger partial charge < -0.3 is 10.1 Å². The average molecular weight is 329 g/mol. The zero-order chi connectivity index (χ0) is 16.1. The molecule has 3 rings (SSSR count). The van der Waals surface area contributed by atoms with E-state index in [-0.39, 0.29) is 5.41 Å². The summed E-state index contributed by atoms with van der Waals surface area (Å²) in [5.74, 6) is 0.523. The molecule has 1 aliphatic heterocycles. The number of nitriles is 1.